The van der Waals surface area contributed by atoms with E-state index in [0.717, 1.165) is 25.9 Å². The van der Waals surface area contributed by atoms with E-state index < -0.39 is 0 Å². The Morgan fingerprint density at radius 1 is 1.00 bits per heavy atom. The van der Waals surface area contributed by atoms with Crippen molar-refractivity contribution >= 4 is 5.97 Å². The van der Waals surface area contributed by atoms with Gasteiger partial charge < -0.3 is 9.47 Å². The minimum atomic E-state index is -0.320. The van der Waals surface area contributed by atoms with Crippen molar-refractivity contribution in [1.29, 1.82) is 0 Å². The fourth-order valence-electron chi connectivity index (χ4n) is 1.46. The van der Waals surface area contributed by atoms with Crippen molar-refractivity contribution in [3.63, 3.8) is 0 Å². The zero-order valence-corrected chi connectivity index (χ0v) is 10.4. The molecule has 0 saturated carbocycles. The summed E-state index contributed by atoms with van der Waals surface area (Å²) in [6.45, 7) is 4.73. The Balaban J connectivity index is 2.98. The maximum absolute atomic E-state index is 10.7. The van der Waals surface area contributed by atoms with E-state index in [4.69, 9.17) is 9.47 Å². The Hall–Kier alpha value is -0.830. The maximum atomic E-state index is 10.7. The zero-order chi connectivity index (χ0) is 12.1. The third-order valence-corrected chi connectivity index (χ3v) is 2.40. The second-order valence-corrected chi connectivity index (χ2v) is 3.84. The SMILES string of the molecule is C=CC(=O)OCCCCCCCCCOC. The van der Waals surface area contributed by atoms with Crippen LogP contribution in [0.4, 0.5) is 0 Å². The highest BCUT2D eigenvalue weighted by atomic mass is 16.5. The average Bonchev–Trinajstić information content (AvgIpc) is 2.31. The van der Waals surface area contributed by atoms with E-state index in [1.165, 1.54) is 31.8 Å². The first-order chi connectivity index (χ1) is 7.81. The van der Waals surface area contributed by atoms with Crippen LogP contribution < -0.4 is 0 Å². The normalized spacial score (nSPS) is 10.1. The molecule has 0 atom stereocenters. The van der Waals surface area contributed by atoms with Crippen molar-refractivity contribution in [1.82, 2.24) is 0 Å². The summed E-state index contributed by atoms with van der Waals surface area (Å²) in [6, 6.07) is 0. The molecule has 0 aromatic heterocycles. The number of unbranched alkanes of at least 4 members (excludes halogenated alkanes) is 6. The van der Waals surface area contributed by atoms with Crippen LogP contribution in [0.1, 0.15) is 44.9 Å². The lowest BCUT2D eigenvalue weighted by Gasteiger charge is -2.02. The molecule has 0 aliphatic heterocycles. The van der Waals surface area contributed by atoms with E-state index in [0.29, 0.717) is 6.61 Å². The molecule has 0 bridgehead atoms. The van der Waals surface area contributed by atoms with Crippen molar-refractivity contribution in [3.05, 3.63) is 12.7 Å². The quantitative estimate of drug-likeness (QED) is 0.310. The fourth-order valence-corrected chi connectivity index (χ4v) is 1.46. The first kappa shape index (κ1) is 15.2. The van der Waals surface area contributed by atoms with Gasteiger partial charge in [0.15, 0.2) is 0 Å². The summed E-state index contributed by atoms with van der Waals surface area (Å²) in [4.78, 5) is 10.7. The Morgan fingerprint density at radius 2 is 1.50 bits per heavy atom. The van der Waals surface area contributed by atoms with E-state index in [1.54, 1.807) is 7.11 Å². The molecule has 0 N–H and O–H groups in total. The molecule has 94 valence electrons. The van der Waals surface area contributed by atoms with Crippen molar-refractivity contribution < 1.29 is 14.3 Å². The van der Waals surface area contributed by atoms with Gasteiger partial charge in [0.2, 0.25) is 0 Å². The topological polar surface area (TPSA) is 35.5 Å². The molecule has 0 aliphatic carbocycles. The summed E-state index contributed by atoms with van der Waals surface area (Å²) in [6.07, 6.45) is 9.46. The number of esters is 1. The Morgan fingerprint density at radius 3 is 2.00 bits per heavy atom. The van der Waals surface area contributed by atoms with E-state index in [1.807, 2.05) is 0 Å². The molecule has 0 heterocycles. The van der Waals surface area contributed by atoms with Crippen molar-refractivity contribution in [3.8, 4) is 0 Å². The predicted octanol–water partition coefficient (Wildman–Crippen LogP) is 3.09. The molecule has 0 unspecified atom stereocenters. The van der Waals surface area contributed by atoms with Crippen LogP contribution in [-0.4, -0.2) is 26.3 Å². The Kier molecular flexibility index (Phi) is 11.6. The fraction of sp³-hybridized carbons (Fsp3) is 0.769. The monoisotopic (exact) mass is 228 g/mol. The number of carbonyl (C=O) groups is 1. The summed E-state index contributed by atoms with van der Waals surface area (Å²) >= 11 is 0. The first-order valence-electron chi connectivity index (χ1n) is 6.09. The van der Waals surface area contributed by atoms with Crippen LogP contribution in [0.15, 0.2) is 12.7 Å². The number of hydrogen-bond acceptors (Lipinski definition) is 3. The summed E-state index contributed by atoms with van der Waals surface area (Å²) in [5, 5.41) is 0. The second kappa shape index (κ2) is 12.2. The molecule has 0 radical (unpaired) electrons. The van der Waals surface area contributed by atoms with E-state index in [9.17, 15) is 4.79 Å². The number of hydrogen-bond donors (Lipinski definition) is 0. The smallest absolute Gasteiger partial charge is 0.330 e. The highest BCUT2D eigenvalue weighted by molar-refractivity contribution is 5.81. The van der Waals surface area contributed by atoms with Gasteiger partial charge in [0.25, 0.3) is 0 Å². The highest BCUT2D eigenvalue weighted by Crippen LogP contribution is 2.07. The van der Waals surface area contributed by atoms with Gasteiger partial charge in [0.05, 0.1) is 6.61 Å². The molecule has 0 saturated heterocycles. The molecular weight excluding hydrogens is 204 g/mol. The van der Waals surface area contributed by atoms with Gasteiger partial charge in [-0.05, 0) is 12.8 Å². The first-order valence-corrected chi connectivity index (χ1v) is 6.09. The summed E-state index contributed by atoms with van der Waals surface area (Å²) in [7, 11) is 1.74. The highest BCUT2D eigenvalue weighted by Gasteiger charge is 1.95. The molecule has 3 heteroatoms. The van der Waals surface area contributed by atoms with Crippen molar-refractivity contribution in [2.45, 2.75) is 44.9 Å². The predicted molar refractivity (Wildman–Crippen MR) is 65.4 cm³/mol. The van der Waals surface area contributed by atoms with E-state index in [-0.39, 0.29) is 5.97 Å². The number of methoxy groups -OCH3 is 1. The molecule has 0 rings (SSSR count). The lowest BCUT2D eigenvalue weighted by molar-refractivity contribution is -0.137. The average molecular weight is 228 g/mol. The van der Waals surface area contributed by atoms with Gasteiger partial charge in [-0.2, -0.15) is 0 Å². The molecule has 16 heavy (non-hydrogen) atoms. The third kappa shape index (κ3) is 11.2. The minimum Gasteiger partial charge on any atom is -0.463 e. The van der Waals surface area contributed by atoms with Crippen molar-refractivity contribution in [2.24, 2.45) is 0 Å². The summed E-state index contributed by atoms with van der Waals surface area (Å²) in [5.41, 5.74) is 0. The zero-order valence-electron chi connectivity index (χ0n) is 10.4. The molecule has 0 amide bonds. The number of ether oxygens (including phenoxy) is 2. The molecular formula is C13H24O3. The van der Waals surface area contributed by atoms with Crippen LogP contribution >= 0.6 is 0 Å². The summed E-state index contributed by atoms with van der Waals surface area (Å²) in [5.74, 6) is -0.320. The van der Waals surface area contributed by atoms with Crippen LogP contribution in [0.5, 0.6) is 0 Å². The second-order valence-electron chi connectivity index (χ2n) is 3.84. The van der Waals surface area contributed by atoms with Gasteiger partial charge in [-0.3, -0.25) is 0 Å². The van der Waals surface area contributed by atoms with Gasteiger partial charge in [0.1, 0.15) is 0 Å². The van der Waals surface area contributed by atoms with Gasteiger partial charge in [0, 0.05) is 19.8 Å². The molecule has 3 nitrogen and oxygen atoms in total. The summed E-state index contributed by atoms with van der Waals surface area (Å²) < 4.78 is 9.86. The number of rotatable bonds is 11. The van der Waals surface area contributed by atoms with E-state index >= 15 is 0 Å². The van der Waals surface area contributed by atoms with Crippen LogP contribution in [-0.2, 0) is 14.3 Å². The largest absolute Gasteiger partial charge is 0.463 e. The van der Waals surface area contributed by atoms with Crippen LogP contribution in [0.2, 0.25) is 0 Å². The third-order valence-electron chi connectivity index (χ3n) is 2.40. The molecule has 0 aromatic carbocycles. The van der Waals surface area contributed by atoms with E-state index in [2.05, 4.69) is 6.58 Å². The molecule has 0 spiro atoms. The van der Waals surface area contributed by atoms with Gasteiger partial charge in [-0.1, -0.05) is 38.7 Å². The minimum absolute atomic E-state index is 0.320. The standard InChI is InChI=1S/C13H24O3/c1-3-13(14)16-12-10-8-6-4-5-7-9-11-15-2/h3H,1,4-12H2,2H3. The van der Waals surface area contributed by atoms with Crippen LogP contribution in [0, 0.1) is 0 Å². The van der Waals surface area contributed by atoms with Crippen molar-refractivity contribution in [2.75, 3.05) is 20.3 Å². The van der Waals surface area contributed by atoms with Crippen LogP contribution in [0.25, 0.3) is 0 Å². The molecule has 0 fully saturated rings. The lowest BCUT2D eigenvalue weighted by Crippen LogP contribution is -2.01. The lowest BCUT2D eigenvalue weighted by atomic mass is 10.1. The Bertz CT molecular complexity index is 178. The van der Waals surface area contributed by atoms with Crippen LogP contribution in [0.3, 0.4) is 0 Å². The molecule has 0 aromatic rings. The van der Waals surface area contributed by atoms with Gasteiger partial charge in [-0.15, -0.1) is 0 Å². The van der Waals surface area contributed by atoms with Gasteiger partial charge >= 0.3 is 5.97 Å². The maximum Gasteiger partial charge on any atom is 0.330 e. The van der Waals surface area contributed by atoms with Gasteiger partial charge in [-0.25, -0.2) is 4.79 Å². The molecule has 0 aliphatic rings. The Labute approximate surface area is 98.8 Å². The number of carbonyl (C=O) groups excluding carboxylic acids is 1.